The Morgan fingerprint density at radius 1 is 1.05 bits per heavy atom. The summed E-state index contributed by atoms with van der Waals surface area (Å²) >= 11 is 17.4. The molecule has 0 bridgehead atoms. The number of rotatable bonds is 2. The van der Waals surface area contributed by atoms with Gasteiger partial charge in [0.15, 0.2) is 0 Å². The lowest BCUT2D eigenvalue weighted by molar-refractivity contribution is 0.712. The van der Waals surface area contributed by atoms with Gasteiger partial charge in [0, 0.05) is 15.3 Å². The summed E-state index contributed by atoms with van der Waals surface area (Å²) in [6.07, 6.45) is 6.48. The zero-order valence-electron chi connectivity index (χ0n) is 10.2. The molecule has 2 aromatic heterocycles. The molecule has 0 fully saturated rings. The van der Waals surface area contributed by atoms with Gasteiger partial charge in [0.1, 0.15) is 0 Å². The molecule has 2 aromatic rings. The van der Waals surface area contributed by atoms with E-state index in [4.69, 9.17) is 11.6 Å². The summed E-state index contributed by atoms with van der Waals surface area (Å²) in [4.78, 5) is 2.85. The molecule has 0 radical (unpaired) electrons. The van der Waals surface area contributed by atoms with Crippen molar-refractivity contribution in [1.29, 1.82) is 0 Å². The van der Waals surface area contributed by atoms with E-state index in [9.17, 15) is 0 Å². The van der Waals surface area contributed by atoms with Crippen LogP contribution in [0, 0.1) is 0 Å². The van der Waals surface area contributed by atoms with E-state index in [-0.39, 0.29) is 5.38 Å². The van der Waals surface area contributed by atoms with E-state index in [2.05, 4.69) is 44.0 Å². The van der Waals surface area contributed by atoms with Gasteiger partial charge >= 0.3 is 0 Å². The van der Waals surface area contributed by atoms with Gasteiger partial charge in [-0.05, 0) is 75.2 Å². The standard InChI is InChI=1S/C14H13Br2ClS2/c15-12-7-9(14(16)19-12)13(17)11-6-8-4-2-1-3-5-10(8)18-11/h6-7,13H,1-5H2. The Kier molecular flexibility index (Phi) is 4.75. The SMILES string of the molecule is ClC(c1cc2c(s1)CCCCC2)c1cc(Br)sc1Br. The molecule has 0 N–H and O–H groups in total. The van der Waals surface area contributed by atoms with E-state index >= 15 is 0 Å². The van der Waals surface area contributed by atoms with Gasteiger partial charge in [-0.25, -0.2) is 0 Å². The predicted octanol–water partition coefficient (Wildman–Crippen LogP) is 6.93. The van der Waals surface area contributed by atoms with Gasteiger partial charge in [-0.1, -0.05) is 6.42 Å². The molecule has 102 valence electrons. The number of thiophene rings is 2. The number of aryl methyl sites for hydroxylation is 2. The first-order valence-electron chi connectivity index (χ1n) is 6.35. The van der Waals surface area contributed by atoms with E-state index in [1.807, 2.05) is 11.3 Å². The van der Waals surface area contributed by atoms with Gasteiger partial charge in [-0.15, -0.1) is 34.3 Å². The third-order valence-corrected chi connectivity index (χ3v) is 7.76. The molecule has 0 saturated carbocycles. The second-order valence-electron chi connectivity index (χ2n) is 4.80. The lowest BCUT2D eigenvalue weighted by Crippen LogP contribution is -1.88. The summed E-state index contributed by atoms with van der Waals surface area (Å²) in [5, 5.41) is -0.0335. The minimum absolute atomic E-state index is 0.0335. The Morgan fingerprint density at radius 3 is 2.58 bits per heavy atom. The molecule has 0 aliphatic heterocycles. The molecular weight excluding hydrogens is 428 g/mol. The lowest BCUT2D eigenvalue weighted by atomic mass is 10.1. The Hall–Kier alpha value is 0.650. The van der Waals surface area contributed by atoms with Gasteiger partial charge < -0.3 is 0 Å². The van der Waals surface area contributed by atoms with E-state index in [1.54, 1.807) is 16.2 Å². The van der Waals surface area contributed by atoms with Crippen LogP contribution in [0.1, 0.15) is 45.5 Å². The van der Waals surface area contributed by atoms with E-state index in [0.29, 0.717) is 0 Å². The average Bonchev–Trinajstić information content (AvgIpc) is 2.85. The zero-order chi connectivity index (χ0) is 13.4. The minimum Gasteiger partial charge on any atom is -0.143 e. The third kappa shape index (κ3) is 3.13. The molecule has 0 spiro atoms. The highest BCUT2D eigenvalue weighted by Gasteiger charge is 2.21. The van der Waals surface area contributed by atoms with Crippen LogP contribution in [0.15, 0.2) is 19.7 Å². The first kappa shape index (κ1) is 14.6. The van der Waals surface area contributed by atoms with Gasteiger partial charge in [-0.3, -0.25) is 0 Å². The van der Waals surface area contributed by atoms with Gasteiger partial charge in [0.2, 0.25) is 0 Å². The van der Waals surface area contributed by atoms with Crippen molar-refractivity contribution < 1.29 is 0 Å². The van der Waals surface area contributed by atoms with E-state index in [0.717, 1.165) is 7.57 Å². The molecule has 1 atom stereocenters. The quantitative estimate of drug-likeness (QED) is 0.351. The highest BCUT2D eigenvalue weighted by Crippen LogP contribution is 2.44. The van der Waals surface area contributed by atoms with Crippen LogP contribution in [0.4, 0.5) is 0 Å². The number of halogens is 3. The van der Waals surface area contributed by atoms with Crippen molar-refractivity contribution in [2.24, 2.45) is 0 Å². The zero-order valence-corrected chi connectivity index (χ0v) is 15.8. The van der Waals surface area contributed by atoms with Crippen molar-refractivity contribution in [1.82, 2.24) is 0 Å². The molecule has 1 aliphatic rings. The van der Waals surface area contributed by atoms with Crippen LogP contribution in [0.25, 0.3) is 0 Å². The fourth-order valence-electron chi connectivity index (χ4n) is 2.49. The molecule has 0 aromatic carbocycles. The summed E-state index contributed by atoms with van der Waals surface area (Å²) in [6.45, 7) is 0. The van der Waals surface area contributed by atoms with Crippen LogP contribution in [0.2, 0.25) is 0 Å². The largest absolute Gasteiger partial charge is 0.143 e. The van der Waals surface area contributed by atoms with E-state index in [1.165, 1.54) is 48.1 Å². The summed E-state index contributed by atoms with van der Waals surface area (Å²) in [5.41, 5.74) is 2.71. The molecule has 19 heavy (non-hydrogen) atoms. The van der Waals surface area contributed by atoms with Crippen LogP contribution in [-0.4, -0.2) is 0 Å². The Bertz CT molecular complexity index is 565. The Labute approximate surface area is 143 Å². The second-order valence-corrected chi connectivity index (χ2v) is 10.2. The number of alkyl halides is 1. The molecule has 3 rings (SSSR count). The molecule has 0 saturated heterocycles. The smallest absolute Gasteiger partial charge is 0.0947 e. The molecule has 1 aliphatic carbocycles. The number of fused-ring (bicyclic) bond motifs is 1. The number of hydrogen-bond acceptors (Lipinski definition) is 2. The average molecular weight is 441 g/mol. The van der Waals surface area contributed by atoms with Crippen LogP contribution in [0.5, 0.6) is 0 Å². The Balaban J connectivity index is 1.92. The van der Waals surface area contributed by atoms with Crippen molar-refractivity contribution >= 4 is 66.1 Å². The summed E-state index contributed by atoms with van der Waals surface area (Å²) in [5.74, 6) is 0. The van der Waals surface area contributed by atoms with Crippen LogP contribution < -0.4 is 0 Å². The first-order valence-corrected chi connectivity index (χ1v) is 10.0. The molecular formula is C14H13Br2ClS2. The van der Waals surface area contributed by atoms with Crippen molar-refractivity contribution in [3.05, 3.63) is 40.6 Å². The molecule has 0 amide bonds. The Morgan fingerprint density at radius 2 is 1.84 bits per heavy atom. The summed E-state index contributed by atoms with van der Waals surface area (Å²) < 4.78 is 2.25. The minimum atomic E-state index is -0.0335. The topological polar surface area (TPSA) is 0 Å². The normalized spacial score (nSPS) is 17.0. The van der Waals surface area contributed by atoms with Gasteiger partial charge in [-0.2, -0.15) is 0 Å². The van der Waals surface area contributed by atoms with Gasteiger partial charge in [0.25, 0.3) is 0 Å². The van der Waals surface area contributed by atoms with Crippen LogP contribution in [-0.2, 0) is 12.8 Å². The third-order valence-electron chi connectivity index (χ3n) is 3.47. The molecule has 1 unspecified atom stereocenters. The maximum Gasteiger partial charge on any atom is 0.0947 e. The number of hydrogen-bond donors (Lipinski definition) is 0. The first-order chi connectivity index (χ1) is 9.15. The summed E-state index contributed by atoms with van der Waals surface area (Å²) in [6, 6.07) is 4.46. The monoisotopic (exact) mass is 438 g/mol. The molecule has 0 nitrogen and oxygen atoms in total. The van der Waals surface area contributed by atoms with Crippen molar-refractivity contribution in [3.63, 3.8) is 0 Å². The van der Waals surface area contributed by atoms with E-state index < -0.39 is 0 Å². The highest BCUT2D eigenvalue weighted by atomic mass is 79.9. The molecule has 2 heterocycles. The second kappa shape index (κ2) is 6.18. The van der Waals surface area contributed by atoms with Crippen LogP contribution in [0.3, 0.4) is 0 Å². The fourth-order valence-corrected chi connectivity index (χ4v) is 7.22. The predicted molar refractivity (Wildman–Crippen MR) is 93.0 cm³/mol. The van der Waals surface area contributed by atoms with Crippen molar-refractivity contribution in [2.45, 2.75) is 37.5 Å². The fraction of sp³-hybridized carbons (Fsp3) is 0.429. The molecule has 5 heteroatoms. The van der Waals surface area contributed by atoms with Crippen molar-refractivity contribution in [3.8, 4) is 0 Å². The van der Waals surface area contributed by atoms with Crippen LogP contribution >= 0.6 is 66.1 Å². The maximum atomic E-state index is 6.68. The maximum absolute atomic E-state index is 6.68. The van der Waals surface area contributed by atoms with Crippen molar-refractivity contribution in [2.75, 3.05) is 0 Å². The summed E-state index contributed by atoms with van der Waals surface area (Å²) in [7, 11) is 0. The highest BCUT2D eigenvalue weighted by molar-refractivity contribution is 9.12. The van der Waals surface area contributed by atoms with Gasteiger partial charge in [0.05, 0.1) is 12.9 Å². The lowest BCUT2D eigenvalue weighted by Gasteiger charge is -2.05.